The molecule has 23 heavy (non-hydrogen) atoms. The number of hydrogen-bond acceptors (Lipinski definition) is 4. The van der Waals surface area contributed by atoms with Crippen molar-refractivity contribution in [2.24, 2.45) is 5.92 Å². The van der Waals surface area contributed by atoms with Crippen LogP contribution in [-0.4, -0.2) is 46.0 Å². The molecule has 0 unspecified atom stereocenters. The summed E-state index contributed by atoms with van der Waals surface area (Å²) < 4.78 is 32.5. The van der Waals surface area contributed by atoms with E-state index in [1.807, 2.05) is 20.8 Å². The molecule has 0 aromatic heterocycles. The minimum absolute atomic E-state index is 0.0639. The lowest BCUT2D eigenvalue weighted by molar-refractivity contribution is -0.129. The molecule has 0 aliphatic heterocycles. The topological polar surface area (TPSA) is 75.7 Å². The first-order chi connectivity index (χ1) is 10.7. The largest absolute Gasteiger partial charge is 0.495 e. The van der Waals surface area contributed by atoms with Gasteiger partial charge in [0.25, 0.3) is 0 Å². The molecule has 0 heterocycles. The van der Waals surface area contributed by atoms with Gasteiger partial charge in [0.05, 0.1) is 7.11 Å². The van der Waals surface area contributed by atoms with Crippen molar-refractivity contribution >= 4 is 15.9 Å². The van der Waals surface area contributed by atoms with Crippen molar-refractivity contribution < 1.29 is 17.9 Å². The van der Waals surface area contributed by atoms with Crippen molar-refractivity contribution in [2.45, 2.75) is 32.6 Å². The molecule has 0 aliphatic rings. The summed E-state index contributed by atoms with van der Waals surface area (Å²) in [5.41, 5.74) is 0.830. The number of nitrogens with zero attached hydrogens (tertiary/aromatic N) is 1. The standard InChI is InChI=1S/C16H26N2O4S/c1-12(2)11-18(14(4)19)9-8-17-23(20,21)16-10-13(3)6-7-15(16)22-5/h6-7,10,12,17H,8-9,11H2,1-5H3. The van der Waals surface area contributed by atoms with Gasteiger partial charge in [0.2, 0.25) is 15.9 Å². The summed E-state index contributed by atoms with van der Waals surface area (Å²) in [7, 11) is -2.25. The third-order valence-corrected chi connectivity index (χ3v) is 4.80. The maximum Gasteiger partial charge on any atom is 0.244 e. The molecule has 0 fully saturated rings. The molecule has 0 saturated carbocycles. The molecule has 0 saturated heterocycles. The summed E-state index contributed by atoms with van der Waals surface area (Å²) >= 11 is 0. The summed E-state index contributed by atoms with van der Waals surface area (Å²) in [6.45, 7) is 8.42. The molecule has 0 spiro atoms. The van der Waals surface area contributed by atoms with Crippen molar-refractivity contribution in [1.82, 2.24) is 9.62 Å². The molecule has 0 atom stereocenters. The molecule has 0 aliphatic carbocycles. The average molecular weight is 342 g/mol. The molecule has 0 radical (unpaired) electrons. The molecule has 7 heteroatoms. The van der Waals surface area contributed by atoms with E-state index < -0.39 is 10.0 Å². The van der Waals surface area contributed by atoms with Gasteiger partial charge in [-0.3, -0.25) is 4.79 Å². The van der Waals surface area contributed by atoms with Crippen molar-refractivity contribution in [3.05, 3.63) is 23.8 Å². The number of ether oxygens (including phenoxy) is 1. The van der Waals surface area contributed by atoms with Crippen LogP contribution in [0.2, 0.25) is 0 Å². The van der Waals surface area contributed by atoms with Gasteiger partial charge in [-0.1, -0.05) is 19.9 Å². The van der Waals surface area contributed by atoms with E-state index in [4.69, 9.17) is 4.74 Å². The van der Waals surface area contributed by atoms with Crippen LogP contribution in [0.25, 0.3) is 0 Å². The number of benzene rings is 1. The molecular formula is C16H26N2O4S. The molecule has 1 aromatic carbocycles. The number of aryl methyl sites for hydroxylation is 1. The highest BCUT2D eigenvalue weighted by molar-refractivity contribution is 7.89. The lowest BCUT2D eigenvalue weighted by atomic mass is 10.2. The lowest BCUT2D eigenvalue weighted by Crippen LogP contribution is -2.39. The molecule has 1 rings (SSSR count). The number of hydrogen-bond donors (Lipinski definition) is 1. The molecule has 6 nitrogen and oxygen atoms in total. The third-order valence-electron chi connectivity index (χ3n) is 3.31. The van der Waals surface area contributed by atoms with E-state index >= 15 is 0 Å². The summed E-state index contributed by atoms with van der Waals surface area (Å²) in [4.78, 5) is 13.3. The Morgan fingerprint density at radius 2 is 2.00 bits per heavy atom. The van der Waals surface area contributed by atoms with Crippen LogP contribution in [0.5, 0.6) is 5.75 Å². The molecule has 0 bridgehead atoms. The monoisotopic (exact) mass is 342 g/mol. The quantitative estimate of drug-likeness (QED) is 0.781. The first kappa shape index (κ1) is 19.4. The van der Waals surface area contributed by atoms with Gasteiger partial charge in [0, 0.05) is 26.6 Å². The number of nitrogens with one attached hydrogen (secondary N) is 1. The second-order valence-corrected chi connectivity index (χ2v) is 7.65. The van der Waals surface area contributed by atoms with Gasteiger partial charge in [0.1, 0.15) is 10.6 Å². The fourth-order valence-corrected chi connectivity index (χ4v) is 3.48. The summed E-state index contributed by atoms with van der Waals surface area (Å²) in [6, 6.07) is 4.99. The smallest absolute Gasteiger partial charge is 0.244 e. The number of methoxy groups -OCH3 is 1. The highest BCUT2D eigenvalue weighted by Gasteiger charge is 2.20. The third kappa shape index (κ3) is 5.84. The fourth-order valence-electron chi connectivity index (χ4n) is 2.20. The van der Waals surface area contributed by atoms with Gasteiger partial charge < -0.3 is 9.64 Å². The normalized spacial score (nSPS) is 11.6. The highest BCUT2D eigenvalue weighted by Crippen LogP contribution is 2.24. The molecule has 130 valence electrons. The van der Waals surface area contributed by atoms with E-state index in [2.05, 4.69) is 4.72 Å². The van der Waals surface area contributed by atoms with Crippen LogP contribution in [0, 0.1) is 12.8 Å². The zero-order valence-corrected chi connectivity index (χ0v) is 15.2. The highest BCUT2D eigenvalue weighted by atomic mass is 32.2. The first-order valence-electron chi connectivity index (χ1n) is 7.57. The number of carbonyl (C=O) groups is 1. The van der Waals surface area contributed by atoms with E-state index in [9.17, 15) is 13.2 Å². The van der Waals surface area contributed by atoms with Gasteiger partial charge in [-0.05, 0) is 30.5 Å². The SMILES string of the molecule is COc1ccc(C)cc1S(=O)(=O)NCCN(CC(C)C)C(C)=O. The zero-order valence-electron chi connectivity index (χ0n) is 14.4. The van der Waals surface area contributed by atoms with E-state index in [0.717, 1.165) is 5.56 Å². The Kier molecular flexibility index (Phi) is 7.02. The Hall–Kier alpha value is -1.60. The second-order valence-electron chi connectivity index (χ2n) is 5.91. The summed E-state index contributed by atoms with van der Waals surface area (Å²) in [6.07, 6.45) is 0. The Bertz CT molecular complexity index is 641. The predicted octanol–water partition coefficient (Wildman–Crippen LogP) is 1.79. The molecule has 1 N–H and O–H groups in total. The van der Waals surface area contributed by atoms with Crippen molar-refractivity contribution in [3.8, 4) is 5.75 Å². The van der Waals surface area contributed by atoms with Crippen molar-refractivity contribution in [2.75, 3.05) is 26.7 Å². The van der Waals surface area contributed by atoms with Gasteiger partial charge >= 0.3 is 0 Å². The summed E-state index contributed by atoms with van der Waals surface area (Å²) in [5, 5.41) is 0. The van der Waals surface area contributed by atoms with Crippen LogP contribution in [0.4, 0.5) is 0 Å². The number of sulfonamides is 1. The average Bonchev–Trinajstić information content (AvgIpc) is 2.45. The zero-order chi connectivity index (χ0) is 17.6. The van der Waals surface area contributed by atoms with Crippen molar-refractivity contribution in [3.63, 3.8) is 0 Å². The van der Waals surface area contributed by atoms with Crippen LogP contribution < -0.4 is 9.46 Å². The fraction of sp³-hybridized carbons (Fsp3) is 0.562. The Balaban J connectivity index is 2.80. The molecule has 1 aromatic rings. The minimum Gasteiger partial charge on any atom is -0.495 e. The maximum atomic E-state index is 12.4. The summed E-state index contributed by atoms with van der Waals surface area (Å²) in [5.74, 6) is 0.562. The van der Waals surface area contributed by atoms with Crippen LogP contribution in [-0.2, 0) is 14.8 Å². The van der Waals surface area contributed by atoms with E-state index in [0.29, 0.717) is 24.8 Å². The molecular weight excluding hydrogens is 316 g/mol. The van der Waals surface area contributed by atoms with Crippen LogP contribution in [0.15, 0.2) is 23.1 Å². The Morgan fingerprint density at radius 1 is 1.35 bits per heavy atom. The number of carbonyl (C=O) groups excluding carboxylic acids is 1. The predicted molar refractivity (Wildman–Crippen MR) is 90.0 cm³/mol. The van der Waals surface area contributed by atoms with Gasteiger partial charge in [-0.25, -0.2) is 13.1 Å². The Morgan fingerprint density at radius 3 is 2.52 bits per heavy atom. The van der Waals surface area contributed by atoms with E-state index in [1.54, 1.807) is 23.1 Å². The molecule has 1 amide bonds. The lowest BCUT2D eigenvalue weighted by Gasteiger charge is -2.23. The van der Waals surface area contributed by atoms with Gasteiger partial charge in [-0.2, -0.15) is 0 Å². The number of amides is 1. The van der Waals surface area contributed by atoms with Gasteiger partial charge in [0.15, 0.2) is 0 Å². The van der Waals surface area contributed by atoms with E-state index in [1.165, 1.54) is 14.0 Å². The van der Waals surface area contributed by atoms with Crippen molar-refractivity contribution in [1.29, 1.82) is 0 Å². The second kappa shape index (κ2) is 8.31. The van der Waals surface area contributed by atoms with E-state index in [-0.39, 0.29) is 17.3 Å². The van der Waals surface area contributed by atoms with Crippen LogP contribution >= 0.6 is 0 Å². The maximum absolute atomic E-state index is 12.4. The van der Waals surface area contributed by atoms with Crippen LogP contribution in [0.3, 0.4) is 0 Å². The first-order valence-corrected chi connectivity index (χ1v) is 9.05. The van der Waals surface area contributed by atoms with Crippen LogP contribution in [0.1, 0.15) is 26.3 Å². The van der Waals surface area contributed by atoms with Gasteiger partial charge in [-0.15, -0.1) is 0 Å². The minimum atomic E-state index is -3.69. The number of rotatable bonds is 8. The Labute approximate surface area is 138 Å².